The molecule has 194 valence electrons. The molecular formula is C27H32O9. The fourth-order valence-corrected chi connectivity index (χ4v) is 3.98. The van der Waals surface area contributed by atoms with Gasteiger partial charge in [0.15, 0.2) is 17.3 Å². The average Bonchev–Trinajstić information content (AvgIpc) is 2.83. The second kappa shape index (κ2) is 10.9. The molecule has 0 amide bonds. The van der Waals surface area contributed by atoms with Crippen molar-refractivity contribution >= 4 is 11.0 Å². The van der Waals surface area contributed by atoms with Crippen molar-refractivity contribution in [3.8, 4) is 40.1 Å². The van der Waals surface area contributed by atoms with E-state index in [2.05, 4.69) is 6.58 Å². The zero-order valence-electron chi connectivity index (χ0n) is 20.8. The second-order valence-electron chi connectivity index (χ2n) is 8.98. The molecule has 0 aliphatic carbocycles. The Morgan fingerprint density at radius 1 is 1.06 bits per heavy atom. The maximum absolute atomic E-state index is 13.3. The Balaban J connectivity index is 2.29. The normalized spacial score (nSPS) is 12.9. The maximum Gasteiger partial charge on any atom is 0.239 e. The lowest BCUT2D eigenvalue weighted by Gasteiger charge is -2.18. The van der Waals surface area contributed by atoms with Gasteiger partial charge in [0, 0.05) is 24.7 Å². The molecule has 0 spiro atoms. The SMILES string of the molecule is C=C(C)C(O)Cc1cc(-c2oc3cc(O)c(OC)c(O)c3c(=O)c2OC)cc(CCC(C)CO)c1O. The standard InChI is InChI=1S/C27H32O9/c1-13(2)18(29)10-16-9-17(8-15(22(16)31)7-6-14(3)12-28)25-27(35-5)24(33)21-20(36-25)11-19(30)26(34-4)23(21)32/h8-9,11,14,18,28-32H,1,6-7,10,12H2,2-5H3. The van der Waals surface area contributed by atoms with Crippen LogP contribution in [0.25, 0.3) is 22.3 Å². The zero-order valence-corrected chi connectivity index (χ0v) is 20.8. The van der Waals surface area contributed by atoms with Crippen LogP contribution >= 0.6 is 0 Å². The van der Waals surface area contributed by atoms with Gasteiger partial charge in [0.25, 0.3) is 0 Å². The molecule has 0 aliphatic rings. The summed E-state index contributed by atoms with van der Waals surface area (Å²) in [6, 6.07) is 4.39. The highest BCUT2D eigenvalue weighted by molar-refractivity contribution is 5.91. The number of aliphatic hydroxyl groups excluding tert-OH is 2. The van der Waals surface area contributed by atoms with E-state index in [4.69, 9.17) is 13.9 Å². The number of benzene rings is 2. The highest BCUT2D eigenvalue weighted by Crippen LogP contribution is 2.44. The summed E-state index contributed by atoms with van der Waals surface area (Å²) in [7, 11) is 2.52. The molecule has 2 unspecified atom stereocenters. The van der Waals surface area contributed by atoms with Crippen LogP contribution in [0.2, 0.25) is 0 Å². The van der Waals surface area contributed by atoms with Crippen molar-refractivity contribution in [1.82, 2.24) is 0 Å². The van der Waals surface area contributed by atoms with Gasteiger partial charge >= 0.3 is 0 Å². The van der Waals surface area contributed by atoms with Crippen molar-refractivity contribution in [2.24, 2.45) is 5.92 Å². The number of phenolic OH excluding ortho intramolecular Hbond substituents is 3. The Bertz CT molecular complexity index is 1340. The molecule has 1 heterocycles. The summed E-state index contributed by atoms with van der Waals surface area (Å²) >= 11 is 0. The van der Waals surface area contributed by atoms with Gasteiger partial charge < -0.3 is 39.4 Å². The van der Waals surface area contributed by atoms with Crippen LogP contribution in [0.1, 0.15) is 31.4 Å². The van der Waals surface area contributed by atoms with Gasteiger partial charge in [-0.1, -0.05) is 19.1 Å². The Morgan fingerprint density at radius 3 is 2.28 bits per heavy atom. The summed E-state index contributed by atoms with van der Waals surface area (Å²) < 4.78 is 16.3. The molecule has 5 N–H and O–H groups in total. The summed E-state index contributed by atoms with van der Waals surface area (Å²) in [6.07, 6.45) is 0.144. The first-order valence-electron chi connectivity index (χ1n) is 11.5. The van der Waals surface area contributed by atoms with Crippen LogP contribution in [-0.4, -0.2) is 52.5 Å². The highest BCUT2D eigenvalue weighted by atomic mass is 16.5. The first-order chi connectivity index (χ1) is 17.0. The predicted molar refractivity (Wildman–Crippen MR) is 135 cm³/mol. The van der Waals surface area contributed by atoms with E-state index in [0.29, 0.717) is 35.1 Å². The van der Waals surface area contributed by atoms with Gasteiger partial charge in [-0.2, -0.15) is 0 Å². The van der Waals surface area contributed by atoms with Gasteiger partial charge in [-0.05, 0) is 48.9 Å². The number of phenols is 3. The van der Waals surface area contributed by atoms with E-state index in [1.807, 2.05) is 6.92 Å². The Labute approximate surface area is 208 Å². The summed E-state index contributed by atoms with van der Waals surface area (Å²) in [5.41, 5.74) is 1.05. The van der Waals surface area contributed by atoms with E-state index >= 15 is 0 Å². The molecule has 9 nitrogen and oxygen atoms in total. The summed E-state index contributed by atoms with van der Waals surface area (Å²) in [5, 5.41) is 51.3. The smallest absolute Gasteiger partial charge is 0.239 e. The number of aromatic hydroxyl groups is 3. The molecule has 0 saturated heterocycles. The quantitative estimate of drug-likeness (QED) is 0.263. The lowest BCUT2D eigenvalue weighted by molar-refractivity contribution is 0.210. The largest absolute Gasteiger partial charge is 0.507 e. The number of methoxy groups -OCH3 is 2. The first-order valence-corrected chi connectivity index (χ1v) is 11.5. The molecule has 2 aromatic carbocycles. The fraction of sp³-hybridized carbons (Fsp3) is 0.370. The van der Waals surface area contributed by atoms with E-state index in [0.717, 1.165) is 6.07 Å². The monoisotopic (exact) mass is 500 g/mol. The van der Waals surface area contributed by atoms with Crippen molar-refractivity contribution in [3.05, 3.63) is 51.7 Å². The maximum atomic E-state index is 13.3. The third-order valence-electron chi connectivity index (χ3n) is 6.19. The molecule has 0 aliphatic heterocycles. The molecule has 36 heavy (non-hydrogen) atoms. The fourth-order valence-electron chi connectivity index (χ4n) is 3.98. The van der Waals surface area contributed by atoms with Crippen molar-refractivity contribution in [2.45, 2.75) is 39.2 Å². The van der Waals surface area contributed by atoms with Crippen LogP contribution in [0.3, 0.4) is 0 Å². The van der Waals surface area contributed by atoms with Crippen LogP contribution in [0.15, 0.2) is 39.6 Å². The third kappa shape index (κ3) is 5.12. The molecule has 1 aromatic heterocycles. The van der Waals surface area contributed by atoms with Crippen molar-refractivity contribution < 1.29 is 39.4 Å². The Kier molecular flexibility index (Phi) is 8.17. The number of ether oxygens (including phenoxy) is 2. The number of hydrogen-bond acceptors (Lipinski definition) is 9. The van der Waals surface area contributed by atoms with Gasteiger partial charge in [-0.3, -0.25) is 4.79 Å². The third-order valence-corrected chi connectivity index (χ3v) is 6.19. The molecular weight excluding hydrogens is 468 g/mol. The summed E-state index contributed by atoms with van der Waals surface area (Å²) in [4.78, 5) is 13.3. The number of fused-ring (bicyclic) bond motifs is 1. The van der Waals surface area contributed by atoms with Crippen LogP contribution < -0.4 is 14.9 Å². The van der Waals surface area contributed by atoms with Crippen LogP contribution in [0.4, 0.5) is 0 Å². The van der Waals surface area contributed by atoms with Crippen LogP contribution in [0, 0.1) is 5.92 Å². The topological polar surface area (TPSA) is 150 Å². The predicted octanol–water partition coefficient (Wildman–Crippen LogP) is 3.63. The molecule has 9 heteroatoms. The van der Waals surface area contributed by atoms with E-state index < -0.39 is 23.0 Å². The van der Waals surface area contributed by atoms with E-state index in [1.54, 1.807) is 19.1 Å². The lowest BCUT2D eigenvalue weighted by Crippen LogP contribution is -2.12. The number of aliphatic hydroxyl groups is 2. The van der Waals surface area contributed by atoms with Gasteiger partial charge in [0.05, 0.1) is 20.3 Å². The van der Waals surface area contributed by atoms with Gasteiger partial charge in [0.1, 0.15) is 16.7 Å². The minimum atomic E-state index is -0.915. The summed E-state index contributed by atoms with van der Waals surface area (Å²) in [6.45, 7) is 7.31. The minimum Gasteiger partial charge on any atom is -0.507 e. The van der Waals surface area contributed by atoms with Gasteiger partial charge in [0.2, 0.25) is 16.9 Å². The van der Waals surface area contributed by atoms with E-state index in [-0.39, 0.29) is 52.9 Å². The van der Waals surface area contributed by atoms with Crippen molar-refractivity contribution in [2.75, 3.05) is 20.8 Å². The van der Waals surface area contributed by atoms with E-state index in [9.17, 15) is 30.3 Å². The molecule has 0 bridgehead atoms. The molecule has 0 saturated carbocycles. The minimum absolute atomic E-state index is 0.00779. The summed E-state index contributed by atoms with van der Waals surface area (Å²) in [5.74, 6) is -1.47. The first kappa shape index (κ1) is 26.9. The lowest BCUT2D eigenvalue weighted by atomic mass is 9.93. The molecule has 0 radical (unpaired) electrons. The Hall–Kier alpha value is -3.69. The van der Waals surface area contributed by atoms with Crippen molar-refractivity contribution in [1.29, 1.82) is 0 Å². The average molecular weight is 501 g/mol. The molecule has 2 atom stereocenters. The Morgan fingerprint density at radius 2 is 1.69 bits per heavy atom. The second-order valence-corrected chi connectivity index (χ2v) is 8.98. The van der Waals surface area contributed by atoms with Crippen LogP contribution in [-0.2, 0) is 12.8 Å². The zero-order chi connectivity index (χ0) is 26.7. The number of hydrogen-bond donors (Lipinski definition) is 5. The van der Waals surface area contributed by atoms with Gasteiger partial charge in [-0.15, -0.1) is 0 Å². The van der Waals surface area contributed by atoms with Crippen LogP contribution in [0.5, 0.6) is 28.7 Å². The molecule has 3 rings (SSSR count). The van der Waals surface area contributed by atoms with E-state index in [1.165, 1.54) is 14.2 Å². The van der Waals surface area contributed by atoms with Crippen molar-refractivity contribution in [3.63, 3.8) is 0 Å². The number of aryl methyl sites for hydroxylation is 1. The number of rotatable bonds is 10. The highest BCUT2D eigenvalue weighted by Gasteiger charge is 2.25. The molecule has 3 aromatic rings. The van der Waals surface area contributed by atoms with Gasteiger partial charge in [-0.25, -0.2) is 0 Å². The molecule has 0 fully saturated rings.